The zero-order valence-corrected chi connectivity index (χ0v) is 20.2. The van der Waals surface area contributed by atoms with E-state index in [2.05, 4.69) is 5.32 Å². The first-order valence-electron chi connectivity index (χ1n) is 12.0. The number of piperidine rings is 1. The van der Waals surface area contributed by atoms with Crippen molar-refractivity contribution in [2.75, 3.05) is 45.7 Å². The number of anilines is 1. The number of para-hydroxylation sites is 1. The van der Waals surface area contributed by atoms with Gasteiger partial charge in [-0.25, -0.2) is 4.79 Å². The van der Waals surface area contributed by atoms with E-state index in [-0.39, 0.29) is 24.2 Å². The molecule has 9 heteroatoms. The van der Waals surface area contributed by atoms with Crippen LogP contribution >= 0.6 is 0 Å². The third kappa shape index (κ3) is 6.30. The van der Waals surface area contributed by atoms with Crippen LogP contribution in [0.1, 0.15) is 19.3 Å². The topological polar surface area (TPSA) is 97.0 Å². The third-order valence-electron chi connectivity index (χ3n) is 6.18. The normalized spacial score (nSPS) is 16.0. The van der Waals surface area contributed by atoms with Gasteiger partial charge >= 0.3 is 5.76 Å². The van der Waals surface area contributed by atoms with Gasteiger partial charge in [0.15, 0.2) is 5.58 Å². The summed E-state index contributed by atoms with van der Waals surface area (Å²) < 4.78 is 12.5. The van der Waals surface area contributed by atoms with Gasteiger partial charge in [0.05, 0.1) is 24.5 Å². The third-order valence-corrected chi connectivity index (χ3v) is 6.18. The molecule has 1 N–H and O–H groups in total. The van der Waals surface area contributed by atoms with Crippen molar-refractivity contribution in [3.05, 3.63) is 59.1 Å². The van der Waals surface area contributed by atoms with Crippen LogP contribution in [0.25, 0.3) is 11.1 Å². The Balaban J connectivity index is 1.34. The van der Waals surface area contributed by atoms with E-state index in [9.17, 15) is 14.4 Å². The Bertz CT molecular complexity index is 1220. The van der Waals surface area contributed by atoms with E-state index in [4.69, 9.17) is 9.15 Å². The molecule has 186 valence electrons. The van der Waals surface area contributed by atoms with Gasteiger partial charge in [0, 0.05) is 31.9 Å². The second-order valence-corrected chi connectivity index (χ2v) is 9.09. The number of likely N-dealkylation sites (N-methyl/N-ethyl adjacent to an activating group) is 1. The van der Waals surface area contributed by atoms with Gasteiger partial charge in [-0.05, 0) is 57.3 Å². The van der Waals surface area contributed by atoms with E-state index >= 15 is 0 Å². The zero-order chi connectivity index (χ0) is 24.8. The summed E-state index contributed by atoms with van der Waals surface area (Å²) in [5, 5.41) is 2.96. The van der Waals surface area contributed by atoms with Crippen molar-refractivity contribution in [3.8, 4) is 5.75 Å². The molecule has 1 unspecified atom stereocenters. The summed E-state index contributed by atoms with van der Waals surface area (Å²) in [4.78, 5) is 41.7. The maximum Gasteiger partial charge on any atom is 0.419 e. The lowest BCUT2D eigenvalue weighted by Crippen LogP contribution is -2.44. The van der Waals surface area contributed by atoms with Crippen LogP contribution < -0.4 is 15.8 Å². The smallest absolute Gasteiger partial charge is 0.419 e. The van der Waals surface area contributed by atoms with E-state index < -0.39 is 5.76 Å². The molecule has 1 aromatic heterocycles. The van der Waals surface area contributed by atoms with Gasteiger partial charge in [-0.1, -0.05) is 18.2 Å². The van der Waals surface area contributed by atoms with Crippen LogP contribution in [0.3, 0.4) is 0 Å². The predicted octanol–water partition coefficient (Wildman–Crippen LogP) is 2.80. The van der Waals surface area contributed by atoms with E-state index in [1.807, 2.05) is 49.3 Å². The molecule has 2 heterocycles. The van der Waals surface area contributed by atoms with E-state index in [0.29, 0.717) is 49.6 Å². The maximum absolute atomic E-state index is 13.0. The molecule has 2 amide bonds. The number of oxazole rings is 1. The molecule has 0 saturated carbocycles. The van der Waals surface area contributed by atoms with Crippen LogP contribution in [0.5, 0.6) is 5.75 Å². The largest absolute Gasteiger partial charge is 0.493 e. The molecule has 3 aromatic rings. The monoisotopic (exact) mass is 480 g/mol. The van der Waals surface area contributed by atoms with Crippen molar-refractivity contribution in [3.63, 3.8) is 0 Å². The Morgan fingerprint density at radius 2 is 1.97 bits per heavy atom. The number of carbonyl (C=O) groups is 2. The molecular formula is C26H32N4O5. The number of likely N-dealkylation sites (tertiary alicyclic amines) is 1. The number of hydrogen-bond donors (Lipinski definition) is 1. The number of rotatable bonds is 9. The minimum absolute atomic E-state index is 0.0110. The van der Waals surface area contributed by atoms with Crippen molar-refractivity contribution in [2.24, 2.45) is 5.92 Å². The highest BCUT2D eigenvalue weighted by Crippen LogP contribution is 2.22. The minimum atomic E-state index is -0.414. The molecule has 1 fully saturated rings. The summed E-state index contributed by atoms with van der Waals surface area (Å²) in [6.07, 6.45) is 1.76. The van der Waals surface area contributed by atoms with E-state index in [1.165, 1.54) is 0 Å². The first-order valence-corrected chi connectivity index (χ1v) is 12.0. The average Bonchev–Trinajstić information content (AvgIpc) is 3.17. The highest BCUT2D eigenvalue weighted by molar-refractivity contribution is 5.95. The second-order valence-electron chi connectivity index (χ2n) is 9.09. The van der Waals surface area contributed by atoms with Crippen LogP contribution in [-0.4, -0.2) is 66.5 Å². The number of nitrogens with zero attached hydrogens (tertiary/aromatic N) is 3. The van der Waals surface area contributed by atoms with Crippen molar-refractivity contribution in [2.45, 2.75) is 25.8 Å². The predicted molar refractivity (Wildman–Crippen MR) is 134 cm³/mol. The van der Waals surface area contributed by atoms with Gasteiger partial charge in [0.2, 0.25) is 11.8 Å². The average molecular weight is 481 g/mol. The fourth-order valence-corrected chi connectivity index (χ4v) is 4.24. The first-order chi connectivity index (χ1) is 16.9. The molecule has 1 atom stereocenters. The fraction of sp³-hybridized carbons (Fsp3) is 0.423. The lowest BCUT2D eigenvalue weighted by atomic mass is 9.96. The van der Waals surface area contributed by atoms with E-state index in [1.54, 1.807) is 27.7 Å². The lowest BCUT2D eigenvalue weighted by Gasteiger charge is -2.32. The molecule has 0 radical (unpaired) electrons. The lowest BCUT2D eigenvalue weighted by molar-refractivity contribution is -0.135. The molecule has 9 nitrogen and oxygen atoms in total. The Kier molecular flexibility index (Phi) is 7.87. The molecule has 0 aliphatic carbocycles. The highest BCUT2D eigenvalue weighted by Gasteiger charge is 2.28. The fourth-order valence-electron chi connectivity index (χ4n) is 4.24. The van der Waals surface area contributed by atoms with Crippen molar-refractivity contribution >= 4 is 28.6 Å². The number of aromatic nitrogens is 1. The molecule has 1 aliphatic rings. The summed E-state index contributed by atoms with van der Waals surface area (Å²) in [5.41, 5.74) is 1.73. The molecule has 1 saturated heterocycles. The van der Waals surface area contributed by atoms with Gasteiger partial charge in [-0.15, -0.1) is 0 Å². The Labute approximate surface area is 204 Å². The van der Waals surface area contributed by atoms with Gasteiger partial charge in [-0.2, -0.15) is 0 Å². The summed E-state index contributed by atoms with van der Waals surface area (Å²) in [7, 11) is 3.88. The number of nitrogens with one attached hydrogen (secondary N) is 1. The quantitative estimate of drug-likeness (QED) is 0.506. The van der Waals surface area contributed by atoms with Gasteiger partial charge in [0.1, 0.15) is 5.75 Å². The maximum atomic E-state index is 13.0. The first kappa shape index (κ1) is 24.5. The molecule has 4 rings (SSSR count). The number of fused-ring (bicyclic) bond motifs is 1. The van der Waals surface area contributed by atoms with Crippen LogP contribution in [0.2, 0.25) is 0 Å². The number of carbonyl (C=O) groups excluding carboxylic acids is 2. The van der Waals surface area contributed by atoms with Gasteiger partial charge in [-0.3, -0.25) is 14.2 Å². The Morgan fingerprint density at radius 3 is 2.74 bits per heavy atom. The number of amides is 2. The van der Waals surface area contributed by atoms with Crippen LogP contribution in [0.15, 0.2) is 57.7 Å². The summed E-state index contributed by atoms with van der Waals surface area (Å²) in [5.74, 6) is -0.115. The molecule has 35 heavy (non-hydrogen) atoms. The molecule has 2 aromatic carbocycles. The highest BCUT2D eigenvalue weighted by atomic mass is 16.5. The van der Waals surface area contributed by atoms with Crippen molar-refractivity contribution in [1.29, 1.82) is 0 Å². The standard InChI is InChI=1S/C26H32N4O5/c1-28(2)14-15-30-22-17-20(10-11-23(22)35-26(30)33)27-25(32)19-7-6-13-29(18-19)24(31)12-16-34-21-8-4-3-5-9-21/h3-5,8-11,17,19H,6-7,12-16,18H2,1-2H3,(H,27,32). The SMILES string of the molecule is CN(C)CCn1c(=O)oc2ccc(NC(=O)C3CCCN(C(=O)CCOc4ccccc4)C3)cc21. The Hall–Kier alpha value is -3.59. The number of benzene rings is 2. The van der Waals surface area contributed by atoms with Crippen LogP contribution in [-0.2, 0) is 16.1 Å². The van der Waals surface area contributed by atoms with Gasteiger partial charge in [0.25, 0.3) is 0 Å². The molecule has 1 aliphatic heterocycles. The van der Waals surface area contributed by atoms with Crippen molar-refractivity contribution in [1.82, 2.24) is 14.4 Å². The Morgan fingerprint density at radius 1 is 1.17 bits per heavy atom. The summed E-state index contributed by atoms with van der Waals surface area (Å²) in [6, 6.07) is 14.6. The van der Waals surface area contributed by atoms with E-state index in [0.717, 1.165) is 18.6 Å². The number of hydrogen-bond acceptors (Lipinski definition) is 6. The van der Waals surface area contributed by atoms with Crippen molar-refractivity contribution < 1.29 is 18.7 Å². The summed E-state index contributed by atoms with van der Waals surface area (Å²) >= 11 is 0. The molecule has 0 bridgehead atoms. The molecular weight excluding hydrogens is 448 g/mol. The minimum Gasteiger partial charge on any atom is -0.493 e. The summed E-state index contributed by atoms with van der Waals surface area (Å²) in [6.45, 7) is 2.51. The molecule has 0 spiro atoms. The second kappa shape index (κ2) is 11.2. The van der Waals surface area contributed by atoms with Gasteiger partial charge < -0.3 is 24.3 Å². The van der Waals surface area contributed by atoms with Crippen LogP contribution in [0.4, 0.5) is 5.69 Å². The zero-order valence-electron chi connectivity index (χ0n) is 20.2. The number of ether oxygens (including phenoxy) is 1. The van der Waals surface area contributed by atoms with Crippen LogP contribution in [0, 0.1) is 5.92 Å².